The molecule has 8 nitrogen and oxygen atoms in total. The number of nitrogens with two attached hydrogens (primary N) is 1. The molecule has 0 radical (unpaired) electrons. The van der Waals surface area contributed by atoms with E-state index in [1.807, 2.05) is 0 Å². The molecule has 0 atom stereocenters. The van der Waals surface area contributed by atoms with Gasteiger partial charge in [0.1, 0.15) is 10.7 Å². The molecule has 0 aliphatic carbocycles. The zero-order valence-electron chi connectivity index (χ0n) is 9.78. The molecular formula is C9H12BrN5O3S. The van der Waals surface area contributed by atoms with Crippen LogP contribution in [0.25, 0.3) is 0 Å². The summed E-state index contributed by atoms with van der Waals surface area (Å²) in [4.78, 5) is 0.0338. The number of aromatic nitrogens is 3. The van der Waals surface area contributed by atoms with Crippen LogP contribution in [0.15, 0.2) is 32.4 Å². The van der Waals surface area contributed by atoms with Crippen LogP contribution in [0.3, 0.4) is 0 Å². The van der Waals surface area contributed by atoms with Crippen molar-refractivity contribution in [3.05, 3.63) is 28.9 Å². The predicted molar refractivity (Wildman–Crippen MR) is 69.5 cm³/mol. The lowest BCUT2D eigenvalue weighted by atomic mass is 10.5. The lowest BCUT2D eigenvalue weighted by molar-refractivity contribution is 0.483. The number of furan rings is 1. The number of hydrogen-bond acceptors (Lipinski definition) is 6. The van der Waals surface area contributed by atoms with E-state index in [2.05, 4.69) is 31.0 Å². The quantitative estimate of drug-likeness (QED) is 0.762. The zero-order chi connectivity index (χ0) is 13.9. The number of sulfonamides is 1. The molecule has 0 spiro atoms. The third kappa shape index (κ3) is 3.41. The average Bonchev–Trinajstić information content (AvgIpc) is 2.98. The number of nitrogens with zero attached hydrogens (tertiary/aromatic N) is 3. The van der Waals surface area contributed by atoms with E-state index in [1.54, 1.807) is 6.20 Å². The minimum Gasteiger partial charge on any atom is -0.452 e. The van der Waals surface area contributed by atoms with E-state index in [0.29, 0.717) is 12.3 Å². The van der Waals surface area contributed by atoms with Gasteiger partial charge >= 0.3 is 0 Å². The first-order chi connectivity index (χ1) is 9.03. The number of nitrogens with one attached hydrogen (secondary N) is 1. The van der Waals surface area contributed by atoms with Crippen molar-refractivity contribution in [3.63, 3.8) is 0 Å². The molecule has 104 valence electrons. The van der Waals surface area contributed by atoms with Gasteiger partial charge < -0.3 is 10.2 Å². The van der Waals surface area contributed by atoms with Crippen molar-refractivity contribution < 1.29 is 12.8 Å². The fourth-order valence-electron chi connectivity index (χ4n) is 1.41. The summed E-state index contributed by atoms with van der Waals surface area (Å²) < 4.78 is 33.3. The van der Waals surface area contributed by atoms with Crippen LogP contribution in [0.5, 0.6) is 0 Å². The minimum absolute atomic E-state index is 0.0338. The number of halogens is 1. The van der Waals surface area contributed by atoms with Crippen molar-refractivity contribution in [3.8, 4) is 0 Å². The molecule has 0 aliphatic heterocycles. The highest BCUT2D eigenvalue weighted by atomic mass is 79.9. The lowest BCUT2D eigenvalue weighted by Gasteiger charge is -2.04. The summed E-state index contributed by atoms with van der Waals surface area (Å²) in [6.45, 7) is 0.715. The summed E-state index contributed by atoms with van der Waals surface area (Å²) in [5.74, 6) is 0.392. The summed E-state index contributed by atoms with van der Waals surface area (Å²) in [6.07, 6.45) is 3.17. The van der Waals surface area contributed by atoms with Crippen molar-refractivity contribution in [1.29, 1.82) is 0 Å². The molecule has 2 rings (SSSR count). The average molecular weight is 350 g/mol. The minimum atomic E-state index is -3.64. The molecule has 0 unspecified atom stereocenters. The summed E-state index contributed by atoms with van der Waals surface area (Å²) >= 11 is 3.06. The Hall–Kier alpha value is -1.23. The van der Waals surface area contributed by atoms with Crippen LogP contribution in [-0.4, -0.2) is 30.0 Å². The van der Waals surface area contributed by atoms with Crippen molar-refractivity contribution >= 4 is 26.0 Å². The predicted octanol–water partition coefficient (Wildman–Crippen LogP) is 0.0708. The monoisotopic (exact) mass is 349 g/mol. The molecule has 0 fully saturated rings. The van der Waals surface area contributed by atoms with E-state index >= 15 is 0 Å². The first-order valence-electron chi connectivity index (χ1n) is 5.35. The van der Waals surface area contributed by atoms with Gasteiger partial charge in [-0.2, -0.15) is 0 Å². The lowest BCUT2D eigenvalue weighted by Crippen LogP contribution is -2.27. The van der Waals surface area contributed by atoms with E-state index in [1.165, 1.54) is 16.9 Å². The summed E-state index contributed by atoms with van der Waals surface area (Å²) in [5.41, 5.74) is 5.39. The molecule has 0 aliphatic rings. The maximum absolute atomic E-state index is 12.0. The Balaban J connectivity index is 2.03. The SMILES string of the molecule is NCc1cc(S(=O)(=O)NCCn2ccnn2)c(Br)o1. The summed E-state index contributed by atoms with van der Waals surface area (Å²) in [7, 11) is -3.64. The molecule has 10 heteroatoms. The molecule has 0 bridgehead atoms. The maximum atomic E-state index is 12.0. The van der Waals surface area contributed by atoms with Gasteiger partial charge in [-0.15, -0.1) is 5.10 Å². The van der Waals surface area contributed by atoms with E-state index in [0.717, 1.165) is 0 Å². The van der Waals surface area contributed by atoms with Gasteiger partial charge in [-0.1, -0.05) is 5.21 Å². The highest BCUT2D eigenvalue weighted by Gasteiger charge is 2.21. The largest absolute Gasteiger partial charge is 0.452 e. The third-order valence-corrected chi connectivity index (χ3v) is 4.62. The molecule has 2 heterocycles. The van der Waals surface area contributed by atoms with Gasteiger partial charge in [0.25, 0.3) is 0 Å². The van der Waals surface area contributed by atoms with Gasteiger partial charge in [-0.3, -0.25) is 4.68 Å². The molecule has 0 amide bonds. The molecule has 0 aromatic carbocycles. The van der Waals surface area contributed by atoms with Crippen molar-refractivity contribution in [2.75, 3.05) is 6.54 Å². The molecule has 0 saturated heterocycles. The maximum Gasteiger partial charge on any atom is 0.245 e. The Morgan fingerprint density at radius 1 is 1.53 bits per heavy atom. The Bertz CT molecular complexity index is 637. The molecule has 19 heavy (non-hydrogen) atoms. The Morgan fingerprint density at radius 2 is 2.32 bits per heavy atom. The second-order valence-electron chi connectivity index (χ2n) is 3.62. The van der Waals surface area contributed by atoms with Crippen LogP contribution >= 0.6 is 15.9 Å². The first-order valence-corrected chi connectivity index (χ1v) is 7.62. The molecule has 2 aromatic rings. The molecule has 2 aromatic heterocycles. The van der Waals surface area contributed by atoms with Crippen LogP contribution < -0.4 is 10.5 Å². The van der Waals surface area contributed by atoms with Crippen molar-refractivity contribution in [1.82, 2.24) is 19.7 Å². The van der Waals surface area contributed by atoms with Gasteiger partial charge in [-0.05, 0) is 15.9 Å². The molecule has 3 N–H and O–H groups in total. The second-order valence-corrected chi connectivity index (χ2v) is 6.07. The van der Waals surface area contributed by atoms with Gasteiger partial charge in [0.15, 0.2) is 4.67 Å². The number of hydrogen-bond donors (Lipinski definition) is 2. The van der Waals surface area contributed by atoms with Crippen molar-refractivity contribution in [2.45, 2.75) is 18.0 Å². The molecule has 0 saturated carbocycles. The second kappa shape index (κ2) is 5.82. The van der Waals surface area contributed by atoms with Gasteiger partial charge in [0, 0.05) is 18.8 Å². The van der Waals surface area contributed by atoms with E-state index in [4.69, 9.17) is 10.2 Å². The van der Waals surface area contributed by atoms with E-state index in [9.17, 15) is 8.42 Å². The zero-order valence-corrected chi connectivity index (χ0v) is 12.2. The molecular weight excluding hydrogens is 338 g/mol. The van der Waals surface area contributed by atoms with Crippen molar-refractivity contribution in [2.24, 2.45) is 5.73 Å². The normalized spacial score (nSPS) is 11.9. The Labute approximate surface area is 118 Å². The first kappa shape index (κ1) is 14.2. The summed E-state index contributed by atoms with van der Waals surface area (Å²) in [6, 6.07) is 1.39. The topological polar surface area (TPSA) is 116 Å². The van der Waals surface area contributed by atoms with Crippen LogP contribution in [0.2, 0.25) is 0 Å². The van der Waals surface area contributed by atoms with Gasteiger partial charge in [-0.25, -0.2) is 13.1 Å². The Kier molecular flexibility index (Phi) is 4.34. The fraction of sp³-hybridized carbons (Fsp3) is 0.333. The fourth-order valence-corrected chi connectivity index (χ4v) is 3.42. The van der Waals surface area contributed by atoms with E-state index < -0.39 is 10.0 Å². The van der Waals surface area contributed by atoms with Crippen LogP contribution in [0, 0.1) is 0 Å². The highest BCUT2D eigenvalue weighted by Crippen LogP contribution is 2.25. The third-order valence-electron chi connectivity index (χ3n) is 2.30. The standard InChI is InChI=1S/C9H12BrN5O3S/c10-9-8(5-7(6-11)18-9)19(16,17)13-2-4-15-3-1-12-14-15/h1,3,5,13H,2,4,6,11H2. The van der Waals surface area contributed by atoms with Gasteiger partial charge in [0.2, 0.25) is 10.0 Å². The Morgan fingerprint density at radius 3 is 2.89 bits per heavy atom. The summed E-state index contributed by atoms with van der Waals surface area (Å²) in [5, 5.41) is 7.35. The van der Waals surface area contributed by atoms with Gasteiger partial charge in [0.05, 0.1) is 19.3 Å². The van der Waals surface area contributed by atoms with E-state index in [-0.39, 0.29) is 22.7 Å². The number of rotatable bonds is 6. The van der Waals surface area contributed by atoms with Crippen LogP contribution in [0.4, 0.5) is 0 Å². The van der Waals surface area contributed by atoms with Crippen LogP contribution in [0.1, 0.15) is 5.76 Å². The highest BCUT2D eigenvalue weighted by molar-refractivity contribution is 9.10. The smallest absolute Gasteiger partial charge is 0.245 e. The van der Waals surface area contributed by atoms with Crippen LogP contribution in [-0.2, 0) is 23.1 Å².